The van der Waals surface area contributed by atoms with Crippen LogP contribution < -0.4 is 0 Å². The van der Waals surface area contributed by atoms with Crippen molar-refractivity contribution in [1.29, 1.82) is 0 Å². The van der Waals surface area contributed by atoms with Crippen LogP contribution in [0.25, 0.3) is 0 Å². The lowest BCUT2D eigenvalue weighted by Crippen LogP contribution is -1.84. The molecule has 0 radical (unpaired) electrons. The van der Waals surface area contributed by atoms with Crippen molar-refractivity contribution < 1.29 is 0 Å². The molecule has 0 aliphatic heterocycles. The van der Waals surface area contributed by atoms with Gasteiger partial charge in [0, 0.05) is 5.69 Å². The molecule has 1 aromatic rings. The number of halogens is 1. The van der Waals surface area contributed by atoms with Crippen LogP contribution in [0.15, 0.2) is 18.2 Å². The normalized spacial score (nSPS) is 8.36. The predicted octanol–water partition coefficient (Wildman–Crippen LogP) is 3.32. The van der Waals surface area contributed by atoms with E-state index in [0.29, 0.717) is 5.15 Å². The van der Waals surface area contributed by atoms with Gasteiger partial charge in [-0.05, 0) is 18.6 Å². The molecule has 0 fully saturated rings. The van der Waals surface area contributed by atoms with Gasteiger partial charge in [0.2, 0.25) is 0 Å². The first-order valence-corrected chi connectivity index (χ1v) is 4.32. The molecule has 0 bridgehead atoms. The van der Waals surface area contributed by atoms with Crippen LogP contribution in [0.3, 0.4) is 0 Å². The topological polar surface area (TPSA) is 12.9 Å². The van der Waals surface area contributed by atoms with E-state index >= 15 is 0 Å². The summed E-state index contributed by atoms with van der Waals surface area (Å²) in [4.78, 5) is 4.06. The largest absolute Gasteiger partial charge is 0.241 e. The van der Waals surface area contributed by atoms with Crippen LogP contribution in [-0.4, -0.2) is 4.98 Å². The molecular formula is C9H14ClN. The lowest BCUT2D eigenvalue weighted by atomic mass is 10.3. The molecule has 0 spiro atoms. The van der Waals surface area contributed by atoms with Gasteiger partial charge in [-0.15, -0.1) is 0 Å². The Hall–Kier alpha value is -0.560. The van der Waals surface area contributed by atoms with Crippen molar-refractivity contribution in [3.63, 3.8) is 0 Å². The Bertz CT molecular complexity index is 199. The van der Waals surface area contributed by atoms with E-state index in [1.807, 2.05) is 26.0 Å². The molecule has 1 nitrogen and oxygen atoms in total. The molecule has 1 aromatic heterocycles. The van der Waals surface area contributed by atoms with Crippen LogP contribution in [0.5, 0.6) is 0 Å². The van der Waals surface area contributed by atoms with Gasteiger partial charge in [0.25, 0.3) is 0 Å². The van der Waals surface area contributed by atoms with E-state index < -0.39 is 0 Å². The lowest BCUT2D eigenvalue weighted by Gasteiger charge is -1.92. The summed E-state index contributed by atoms with van der Waals surface area (Å²) in [6.07, 6.45) is 0.945. The third kappa shape index (κ3) is 3.99. The quantitative estimate of drug-likeness (QED) is 0.591. The van der Waals surface area contributed by atoms with Crippen LogP contribution >= 0.6 is 11.6 Å². The smallest absolute Gasteiger partial charge is 0.129 e. The summed E-state index contributed by atoms with van der Waals surface area (Å²) >= 11 is 5.61. The molecule has 0 aromatic carbocycles. The Morgan fingerprint density at radius 3 is 2.36 bits per heavy atom. The number of nitrogens with zero attached hydrogens (tertiary/aromatic N) is 1. The minimum absolute atomic E-state index is 0.578. The second kappa shape index (κ2) is 6.17. The van der Waals surface area contributed by atoms with Gasteiger partial charge in [-0.2, -0.15) is 0 Å². The Morgan fingerprint density at radius 2 is 2.00 bits per heavy atom. The zero-order valence-corrected chi connectivity index (χ0v) is 8.02. The van der Waals surface area contributed by atoms with Crippen LogP contribution in [-0.2, 0) is 6.42 Å². The summed E-state index contributed by atoms with van der Waals surface area (Å²) in [5, 5.41) is 0.578. The van der Waals surface area contributed by atoms with E-state index in [9.17, 15) is 0 Å². The lowest BCUT2D eigenvalue weighted by molar-refractivity contribution is 1.04. The minimum Gasteiger partial charge on any atom is -0.241 e. The number of pyridine rings is 1. The standard InChI is InChI=1S/C7H8ClN.C2H6/c1-2-6-4-3-5-7(8)9-6;1-2/h3-5H,2H2,1H3;1-2H3. The van der Waals surface area contributed by atoms with Crippen molar-refractivity contribution in [1.82, 2.24) is 4.98 Å². The molecule has 0 aliphatic carbocycles. The average molecular weight is 172 g/mol. The molecule has 62 valence electrons. The number of aryl methyl sites for hydroxylation is 1. The summed E-state index contributed by atoms with van der Waals surface area (Å²) in [6, 6.07) is 5.65. The average Bonchev–Trinajstić information content (AvgIpc) is 2.08. The first-order valence-electron chi connectivity index (χ1n) is 3.94. The Morgan fingerprint density at radius 1 is 1.36 bits per heavy atom. The van der Waals surface area contributed by atoms with Crippen LogP contribution in [0.4, 0.5) is 0 Å². The fourth-order valence-electron chi connectivity index (χ4n) is 0.647. The van der Waals surface area contributed by atoms with Gasteiger partial charge in [0.1, 0.15) is 5.15 Å². The van der Waals surface area contributed by atoms with Gasteiger partial charge in [0.15, 0.2) is 0 Å². The minimum atomic E-state index is 0.578. The fraction of sp³-hybridized carbons (Fsp3) is 0.444. The summed E-state index contributed by atoms with van der Waals surface area (Å²) in [5.41, 5.74) is 1.04. The highest BCUT2D eigenvalue weighted by molar-refractivity contribution is 6.29. The Labute approximate surface area is 73.4 Å². The SMILES string of the molecule is CC.CCc1cccc(Cl)n1. The molecular weight excluding hydrogens is 158 g/mol. The van der Waals surface area contributed by atoms with E-state index in [-0.39, 0.29) is 0 Å². The predicted molar refractivity (Wildman–Crippen MR) is 50.0 cm³/mol. The molecule has 2 heteroatoms. The van der Waals surface area contributed by atoms with Gasteiger partial charge in [-0.3, -0.25) is 0 Å². The highest BCUT2D eigenvalue weighted by Crippen LogP contribution is 2.04. The third-order valence-electron chi connectivity index (χ3n) is 1.14. The Kier molecular flexibility index (Phi) is 5.86. The fourth-order valence-corrected chi connectivity index (χ4v) is 0.829. The molecule has 0 saturated heterocycles. The van der Waals surface area contributed by atoms with E-state index in [4.69, 9.17) is 11.6 Å². The molecule has 0 N–H and O–H groups in total. The second-order valence-electron chi connectivity index (χ2n) is 1.81. The highest BCUT2D eigenvalue weighted by atomic mass is 35.5. The van der Waals surface area contributed by atoms with Crippen molar-refractivity contribution in [2.45, 2.75) is 27.2 Å². The van der Waals surface area contributed by atoms with Crippen LogP contribution in [0.1, 0.15) is 26.5 Å². The third-order valence-corrected chi connectivity index (χ3v) is 1.35. The van der Waals surface area contributed by atoms with Crippen molar-refractivity contribution in [3.05, 3.63) is 29.0 Å². The van der Waals surface area contributed by atoms with E-state index in [2.05, 4.69) is 11.9 Å². The molecule has 0 saturated carbocycles. The number of rotatable bonds is 1. The summed E-state index contributed by atoms with van der Waals surface area (Å²) in [5.74, 6) is 0. The zero-order valence-electron chi connectivity index (χ0n) is 7.26. The molecule has 0 aliphatic rings. The number of hydrogen-bond donors (Lipinski definition) is 0. The number of hydrogen-bond acceptors (Lipinski definition) is 1. The summed E-state index contributed by atoms with van der Waals surface area (Å²) < 4.78 is 0. The van der Waals surface area contributed by atoms with Gasteiger partial charge in [0.05, 0.1) is 0 Å². The molecule has 11 heavy (non-hydrogen) atoms. The second-order valence-corrected chi connectivity index (χ2v) is 2.19. The zero-order chi connectivity index (χ0) is 8.69. The Balaban J connectivity index is 0.000000461. The first-order chi connectivity index (χ1) is 5.33. The molecule has 0 atom stereocenters. The molecule has 0 amide bonds. The van der Waals surface area contributed by atoms with E-state index in [1.54, 1.807) is 6.07 Å². The maximum atomic E-state index is 5.61. The number of aromatic nitrogens is 1. The van der Waals surface area contributed by atoms with Gasteiger partial charge < -0.3 is 0 Å². The van der Waals surface area contributed by atoms with Crippen molar-refractivity contribution in [3.8, 4) is 0 Å². The van der Waals surface area contributed by atoms with Crippen LogP contribution in [0, 0.1) is 0 Å². The summed E-state index contributed by atoms with van der Waals surface area (Å²) in [6.45, 7) is 6.05. The maximum absolute atomic E-state index is 5.61. The highest BCUT2D eigenvalue weighted by Gasteiger charge is 1.89. The molecule has 0 unspecified atom stereocenters. The van der Waals surface area contributed by atoms with Crippen molar-refractivity contribution in [2.75, 3.05) is 0 Å². The molecule has 1 rings (SSSR count). The summed E-state index contributed by atoms with van der Waals surface area (Å²) in [7, 11) is 0. The maximum Gasteiger partial charge on any atom is 0.129 e. The monoisotopic (exact) mass is 171 g/mol. The van der Waals surface area contributed by atoms with E-state index in [0.717, 1.165) is 12.1 Å². The van der Waals surface area contributed by atoms with Gasteiger partial charge in [-0.1, -0.05) is 38.4 Å². The van der Waals surface area contributed by atoms with Crippen LogP contribution in [0.2, 0.25) is 5.15 Å². The van der Waals surface area contributed by atoms with E-state index in [1.165, 1.54) is 0 Å². The first kappa shape index (κ1) is 10.4. The van der Waals surface area contributed by atoms with Gasteiger partial charge >= 0.3 is 0 Å². The molecule has 1 heterocycles. The van der Waals surface area contributed by atoms with Crippen molar-refractivity contribution >= 4 is 11.6 Å². The van der Waals surface area contributed by atoms with Crippen molar-refractivity contribution in [2.24, 2.45) is 0 Å². The van der Waals surface area contributed by atoms with Gasteiger partial charge in [-0.25, -0.2) is 4.98 Å².